The Morgan fingerprint density at radius 3 is 2.50 bits per heavy atom. The molecule has 1 aromatic carbocycles. The summed E-state index contributed by atoms with van der Waals surface area (Å²) < 4.78 is 7.15. The highest BCUT2D eigenvalue weighted by atomic mass is 35.5. The highest BCUT2D eigenvalue weighted by Gasteiger charge is 2.11. The van der Waals surface area contributed by atoms with Crippen LogP contribution in [0.15, 0.2) is 34.9 Å². The molecule has 22 heavy (non-hydrogen) atoms. The van der Waals surface area contributed by atoms with Crippen molar-refractivity contribution in [3.63, 3.8) is 0 Å². The number of aryl methyl sites for hydroxylation is 2. The molecule has 0 amide bonds. The molecule has 2 aromatic heterocycles. The molecule has 6 nitrogen and oxygen atoms in total. The Morgan fingerprint density at radius 1 is 1.18 bits per heavy atom. The van der Waals surface area contributed by atoms with Gasteiger partial charge in [0.2, 0.25) is 11.7 Å². The molecule has 3 aromatic rings. The molecule has 3 rings (SSSR count). The second kappa shape index (κ2) is 6.72. The van der Waals surface area contributed by atoms with Gasteiger partial charge in [0.25, 0.3) is 0 Å². The van der Waals surface area contributed by atoms with Crippen LogP contribution in [-0.2, 0) is 13.1 Å². The first-order valence-corrected chi connectivity index (χ1v) is 6.79. The molecule has 0 spiro atoms. The number of rotatable bonds is 4. The number of benzene rings is 1. The molecule has 116 valence electrons. The topological polar surface area (TPSA) is 82.8 Å². The van der Waals surface area contributed by atoms with Crippen molar-refractivity contribution in [2.24, 2.45) is 5.73 Å². The van der Waals surface area contributed by atoms with Gasteiger partial charge in [0.1, 0.15) is 6.54 Å². The molecule has 2 heterocycles. The third-order valence-electron chi connectivity index (χ3n) is 3.30. The average molecular weight is 320 g/mol. The standard InChI is InChI=1S/C15H17N5O.ClH/c1-10-7-11(2)20(18-10)9-14-17-15(19-21-14)13-5-3-12(8-16)4-6-13;/h3-7H,8-9,16H2,1-2H3;1H. The van der Waals surface area contributed by atoms with E-state index in [1.807, 2.05) is 48.9 Å². The second-order valence-corrected chi connectivity index (χ2v) is 5.00. The van der Waals surface area contributed by atoms with E-state index in [2.05, 4.69) is 15.2 Å². The van der Waals surface area contributed by atoms with Crippen LogP contribution in [0.5, 0.6) is 0 Å². The van der Waals surface area contributed by atoms with Gasteiger partial charge in [0.15, 0.2) is 0 Å². The minimum absolute atomic E-state index is 0. The maximum atomic E-state index is 5.59. The Morgan fingerprint density at radius 2 is 1.91 bits per heavy atom. The van der Waals surface area contributed by atoms with E-state index in [9.17, 15) is 0 Å². The van der Waals surface area contributed by atoms with E-state index in [0.717, 1.165) is 22.5 Å². The lowest BCUT2D eigenvalue weighted by Gasteiger charge is -1.99. The maximum Gasteiger partial charge on any atom is 0.248 e. The molecular weight excluding hydrogens is 302 g/mol. The van der Waals surface area contributed by atoms with E-state index in [0.29, 0.717) is 24.8 Å². The van der Waals surface area contributed by atoms with Gasteiger partial charge in [-0.05, 0) is 25.5 Å². The van der Waals surface area contributed by atoms with Crippen LogP contribution < -0.4 is 5.73 Å². The zero-order valence-electron chi connectivity index (χ0n) is 12.5. The summed E-state index contributed by atoms with van der Waals surface area (Å²) in [4.78, 5) is 4.41. The third-order valence-corrected chi connectivity index (χ3v) is 3.30. The summed E-state index contributed by atoms with van der Waals surface area (Å²) in [5.41, 5.74) is 9.62. The molecule has 0 radical (unpaired) electrons. The fraction of sp³-hybridized carbons (Fsp3) is 0.267. The Bertz CT molecular complexity index is 748. The molecule has 0 aliphatic heterocycles. The Balaban J connectivity index is 0.00000176. The molecule has 7 heteroatoms. The van der Waals surface area contributed by atoms with Crippen molar-refractivity contribution in [2.75, 3.05) is 0 Å². The number of nitrogens with two attached hydrogens (primary N) is 1. The zero-order chi connectivity index (χ0) is 14.8. The van der Waals surface area contributed by atoms with Gasteiger partial charge >= 0.3 is 0 Å². The van der Waals surface area contributed by atoms with Gasteiger partial charge in [-0.2, -0.15) is 10.1 Å². The molecule has 0 saturated heterocycles. The van der Waals surface area contributed by atoms with Crippen molar-refractivity contribution >= 4 is 12.4 Å². The largest absolute Gasteiger partial charge is 0.337 e. The van der Waals surface area contributed by atoms with Crippen molar-refractivity contribution in [2.45, 2.75) is 26.9 Å². The van der Waals surface area contributed by atoms with E-state index < -0.39 is 0 Å². The van der Waals surface area contributed by atoms with Crippen LogP contribution in [0.25, 0.3) is 11.4 Å². The molecular formula is C15H18ClN5O. The number of hydrogen-bond donors (Lipinski definition) is 1. The molecule has 0 unspecified atom stereocenters. The lowest BCUT2D eigenvalue weighted by atomic mass is 10.1. The van der Waals surface area contributed by atoms with Gasteiger partial charge < -0.3 is 10.3 Å². The van der Waals surface area contributed by atoms with E-state index in [4.69, 9.17) is 10.3 Å². The summed E-state index contributed by atoms with van der Waals surface area (Å²) in [6.07, 6.45) is 0. The number of halogens is 1. The summed E-state index contributed by atoms with van der Waals surface area (Å²) in [6.45, 7) is 4.97. The van der Waals surface area contributed by atoms with Gasteiger partial charge in [-0.15, -0.1) is 12.4 Å². The lowest BCUT2D eigenvalue weighted by Crippen LogP contribution is -2.04. The quantitative estimate of drug-likeness (QED) is 0.798. The summed E-state index contributed by atoms with van der Waals surface area (Å²) >= 11 is 0. The summed E-state index contributed by atoms with van der Waals surface area (Å²) in [6, 6.07) is 9.84. The zero-order valence-corrected chi connectivity index (χ0v) is 13.3. The highest BCUT2D eigenvalue weighted by Crippen LogP contribution is 2.17. The lowest BCUT2D eigenvalue weighted by molar-refractivity contribution is 0.364. The molecule has 0 aliphatic carbocycles. The fourth-order valence-corrected chi connectivity index (χ4v) is 2.19. The molecule has 0 saturated carbocycles. The molecule has 2 N–H and O–H groups in total. The second-order valence-electron chi connectivity index (χ2n) is 5.00. The molecule has 0 aliphatic rings. The fourth-order valence-electron chi connectivity index (χ4n) is 2.19. The van der Waals surface area contributed by atoms with Crippen molar-refractivity contribution in [3.05, 3.63) is 53.2 Å². The highest BCUT2D eigenvalue weighted by molar-refractivity contribution is 5.85. The van der Waals surface area contributed by atoms with E-state index in [1.54, 1.807) is 0 Å². The monoisotopic (exact) mass is 319 g/mol. The van der Waals surface area contributed by atoms with Crippen molar-refractivity contribution in [3.8, 4) is 11.4 Å². The minimum Gasteiger partial charge on any atom is -0.337 e. The van der Waals surface area contributed by atoms with Crippen LogP contribution in [-0.4, -0.2) is 19.9 Å². The Kier molecular flexibility index (Phi) is 4.95. The number of aromatic nitrogens is 4. The number of hydrogen-bond acceptors (Lipinski definition) is 5. The van der Waals surface area contributed by atoms with Gasteiger partial charge in [0.05, 0.1) is 5.69 Å². The van der Waals surface area contributed by atoms with Gasteiger partial charge in [0, 0.05) is 17.8 Å². The summed E-state index contributed by atoms with van der Waals surface area (Å²) in [5.74, 6) is 1.12. The molecule has 0 bridgehead atoms. The SMILES string of the molecule is Cc1cc(C)n(Cc2nc(-c3ccc(CN)cc3)no2)n1.Cl. The average Bonchev–Trinajstić information content (AvgIpc) is 3.07. The molecule has 0 atom stereocenters. The third kappa shape index (κ3) is 3.35. The van der Waals surface area contributed by atoms with Crippen LogP contribution in [0.3, 0.4) is 0 Å². The van der Waals surface area contributed by atoms with Crippen molar-refractivity contribution in [1.29, 1.82) is 0 Å². The Hall–Kier alpha value is -2.18. The Labute approximate surface area is 134 Å². The van der Waals surface area contributed by atoms with E-state index in [1.165, 1.54) is 0 Å². The minimum atomic E-state index is 0. The predicted octanol–water partition coefficient (Wildman–Crippen LogP) is 2.48. The van der Waals surface area contributed by atoms with Gasteiger partial charge in [-0.1, -0.05) is 29.4 Å². The first kappa shape index (κ1) is 16.2. The van der Waals surface area contributed by atoms with E-state index >= 15 is 0 Å². The first-order chi connectivity index (χ1) is 10.2. The summed E-state index contributed by atoms with van der Waals surface area (Å²) in [5, 5.41) is 8.40. The van der Waals surface area contributed by atoms with Crippen LogP contribution in [0.2, 0.25) is 0 Å². The molecule has 0 fully saturated rings. The number of nitrogens with zero attached hydrogens (tertiary/aromatic N) is 4. The van der Waals surface area contributed by atoms with Gasteiger partial charge in [-0.3, -0.25) is 4.68 Å². The van der Waals surface area contributed by atoms with Crippen LogP contribution >= 0.6 is 12.4 Å². The van der Waals surface area contributed by atoms with Crippen LogP contribution in [0.4, 0.5) is 0 Å². The van der Waals surface area contributed by atoms with Crippen molar-refractivity contribution in [1.82, 2.24) is 19.9 Å². The predicted molar refractivity (Wildman–Crippen MR) is 85.7 cm³/mol. The first-order valence-electron chi connectivity index (χ1n) is 6.79. The van der Waals surface area contributed by atoms with Crippen molar-refractivity contribution < 1.29 is 4.52 Å². The van der Waals surface area contributed by atoms with E-state index in [-0.39, 0.29) is 12.4 Å². The van der Waals surface area contributed by atoms with Gasteiger partial charge in [-0.25, -0.2) is 0 Å². The van der Waals surface area contributed by atoms with Crippen LogP contribution in [0.1, 0.15) is 22.8 Å². The smallest absolute Gasteiger partial charge is 0.248 e. The summed E-state index contributed by atoms with van der Waals surface area (Å²) in [7, 11) is 0. The normalized spacial score (nSPS) is 10.5. The maximum absolute atomic E-state index is 5.59. The van der Waals surface area contributed by atoms with Crippen LogP contribution in [0, 0.1) is 13.8 Å².